The molecule has 3 aromatic rings. The normalized spacial score (nSPS) is 14.1. The summed E-state index contributed by atoms with van der Waals surface area (Å²) in [6.07, 6.45) is 1.86. The number of carbonyl (C=O) groups is 1. The highest BCUT2D eigenvalue weighted by molar-refractivity contribution is 6.07. The van der Waals surface area contributed by atoms with Gasteiger partial charge in [-0.15, -0.1) is 0 Å². The fourth-order valence-electron chi connectivity index (χ4n) is 3.73. The van der Waals surface area contributed by atoms with E-state index in [0.717, 1.165) is 33.6 Å². The number of rotatable bonds is 6. The van der Waals surface area contributed by atoms with Gasteiger partial charge in [0.15, 0.2) is 0 Å². The van der Waals surface area contributed by atoms with Crippen LogP contribution in [0.3, 0.4) is 0 Å². The highest BCUT2D eigenvalue weighted by Crippen LogP contribution is 2.43. The van der Waals surface area contributed by atoms with E-state index in [-0.39, 0.29) is 12.2 Å². The molecular weight excluding hydrogens is 379 g/mol. The molecule has 0 amide bonds. The molecule has 1 aliphatic rings. The lowest BCUT2D eigenvalue weighted by Crippen LogP contribution is -1.97. The van der Waals surface area contributed by atoms with Crippen molar-refractivity contribution in [1.82, 2.24) is 0 Å². The number of hydrogen-bond donors (Lipinski definition) is 1. The van der Waals surface area contributed by atoms with Crippen LogP contribution in [-0.2, 0) is 11.4 Å². The maximum Gasteiger partial charge on any atom is 0.307 e. The largest absolute Gasteiger partial charge is 0.489 e. The van der Waals surface area contributed by atoms with Gasteiger partial charge in [0.2, 0.25) is 0 Å². The first-order chi connectivity index (χ1) is 14.5. The molecular formula is C26H21FO3. The third-order valence-electron chi connectivity index (χ3n) is 5.20. The van der Waals surface area contributed by atoms with Crippen LogP contribution in [0.15, 0.2) is 78.4 Å². The average Bonchev–Trinajstić information content (AvgIpc) is 2.98. The summed E-state index contributed by atoms with van der Waals surface area (Å²) in [6.45, 7) is 2.36. The van der Waals surface area contributed by atoms with Crippen molar-refractivity contribution in [2.45, 2.75) is 20.0 Å². The number of hydrogen-bond acceptors (Lipinski definition) is 2. The van der Waals surface area contributed by atoms with Gasteiger partial charge in [-0.05, 0) is 76.2 Å². The Kier molecular flexibility index (Phi) is 5.48. The van der Waals surface area contributed by atoms with Crippen LogP contribution in [0.25, 0.3) is 17.2 Å². The number of carboxylic acids is 1. The molecule has 0 unspecified atom stereocenters. The van der Waals surface area contributed by atoms with Crippen molar-refractivity contribution in [2.75, 3.05) is 0 Å². The standard InChI is InChI=1S/C26H21FO3/c1-17-23(22-11-10-20(27)14-25(22)24(17)15-26(28)29)13-19-8-5-9-21(12-19)30-16-18-6-3-2-4-7-18/h2-14H,15-16H2,1H3,(H,28,29)/b23-13-. The molecule has 3 aromatic carbocycles. The Balaban J connectivity index is 1.66. The number of halogens is 1. The molecule has 0 aliphatic heterocycles. The lowest BCUT2D eigenvalue weighted by Gasteiger charge is -2.08. The van der Waals surface area contributed by atoms with Gasteiger partial charge in [0.05, 0.1) is 6.42 Å². The van der Waals surface area contributed by atoms with Gasteiger partial charge in [0.1, 0.15) is 18.2 Å². The van der Waals surface area contributed by atoms with E-state index in [9.17, 15) is 14.3 Å². The summed E-state index contributed by atoms with van der Waals surface area (Å²) in [7, 11) is 0. The fourth-order valence-corrected chi connectivity index (χ4v) is 3.73. The predicted octanol–water partition coefficient (Wildman–Crippen LogP) is 6.21. The van der Waals surface area contributed by atoms with Crippen molar-refractivity contribution in [3.05, 3.63) is 106 Å². The summed E-state index contributed by atoms with van der Waals surface area (Å²) in [5, 5.41) is 9.29. The van der Waals surface area contributed by atoms with Crippen LogP contribution >= 0.6 is 0 Å². The molecule has 0 fully saturated rings. The molecule has 0 saturated carbocycles. The SMILES string of the molecule is CC1=C(CC(=O)O)c2cc(F)ccc2/C1=C\c1cccc(OCc2ccccc2)c1. The molecule has 0 radical (unpaired) electrons. The summed E-state index contributed by atoms with van der Waals surface area (Å²) in [5.74, 6) is -0.558. The van der Waals surface area contributed by atoms with E-state index in [1.165, 1.54) is 12.1 Å². The van der Waals surface area contributed by atoms with Crippen molar-refractivity contribution in [1.29, 1.82) is 0 Å². The number of carboxylic acid groups (broad SMARTS) is 1. The average molecular weight is 400 g/mol. The van der Waals surface area contributed by atoms with Gasteiger partial charge in [0, 0.05) is 0 Å². The second kappa shape index (κ2) is 8.37. The molecule has 1 aliphatic carbocycles. The maximum atomic E-state index is 13.8. The van der Waals surface area contributed by atoms with Crippen molar-refractivity contribution in [2.24, 2.45) is 0 Å². The zero-order chi connectivity index (χ0) is 21.1. The topological polar surface area (TPSA) is 46.5 Å². The first-order valence-electron chi connectivity index (χ1n) is 9.72. The first kappa shape index (κ1) is 19.6. The minimum Gasteiger partial charge on any atom is -0.489 e. The third-order valence-corrected chi connectivity index (χ3v) is 5.20. The number of benzene rings is 3. The van der Waals surface area contributed by atoms with E-state index >= 15 is 0 Å². The van der Waals surface area contributed by atoms with Crippen molar-refractivity contribution in [3.8, 4) is 5.75 Å². The Morgan fingerprint density at radius 1 is 1.00 bits per heavy atom. The molecule has 0 aromatic heterocycles. The smallest absolute Gasteiger partial charge is 0.307 e. The lowest BCUT2D eigenvalue weighted by molar-refractivity contribution is -0.135. The highest BCUT2D eigenvalue weighted by atomic mass is 19.1. The van der Waals surface area contributed by atoms with E-state index in [2.05, 4.69) is 0 Å². The van der Waals surface area contributed by atoms with Gasteiger partial charge in [0.25, 0.3) is 0 Å². The van der Waals surface area contributed by atoms with Gasteiger partial charge in [-0.1, -0.05) is 48.5 Å². The number of fused-ring (bicyclic) bond motifs is 1. The second-order valence-corrected chi connectivity index (χ2v) is 7.27. The van der Waals surface area contributed by atoms with Crippen molar-refractivity contribution < 1.29 is 19.0 Å². The second-order valence-electron chi connectivity index (χ2n) is 7.27. The summed E-state index contributed by atoms with van der Waals surface area (Å²) in [5.41, 5.74) is 5.93. The van der Waals surface area contributed by atoms with E-state index in [1.54, 1.807) is 6.07 Å². The molecule has 150 valence electrons. The summed E-state index contributed by atoms with van der Waals surface area (Å²) >= 11 is 0. The fraction of sp³-hybridized carbons (Fsp3) is 0.115. The number of ether oxygens (including phenoxy) is 1. The highest BCUT2D eigenvalue weighted by Gasteiger charge is 2.25. The van der Waals surface area contributed by atoms with E-state index in [0.29, 0.717) is 17.7 Å². The van der Waals surface area contributed by atoms with E-state index in [4.69, 9.17) is 4.74 Å². The van der Waals surface area contributed by atoms with Gasteiger partial charge in [-0.25, -0.2) is 4.39 Å². The summed E-state index contributed by atoms with van der Waals surface area (Å²) in [4.78, 5) is 11.3. The van der Waals surface area contributed by atoms with Crippen LogP contribution in [-0.4, -0.2) is 11.1 Å². The Hall–Kier alpha value is -3.66. The number of allylic oxidation sites excluding steroid dienone is 2. The quantitative estimate of drug-likeness (QED) is 0.535. The van der Waals surface area contributed by atoms with Crippen molar-refractivity contribution >= 4 is 23.2 Å². The van der Waals surface area contributed by atoms with Gasteiger partial charge < -0.3 is 9.84 Å². The molecule has 4 heteroatoms. The molecule has 0 spiro atoms. The first-order valence-corrected chi connectivity index (χ1v) is 9.72. The molecule has 1 N–H and O–H groups in total. The maximum absolute atomic E-state index is 13.8. The predicted molar refractivity (Wildman–Crippen MR) is 116 cm³/mol. The zero-order valence-electron chi connectivity index (χ0n) is 16.6. The van der Waals surface area contributed by atoms with E-state index in [1.807, 2.05) is 67.6 Å². The van der Waals surface area contributed by atoms with Crippen LogP contribution in [0.4, 0.5) is 4.39 Å². The molecule has 30 heavy (non-hydrogen) atoms. The van der Waals surface area contributed by atoms with Crippen LogP contribution in [0, 0.1) is 5.82 Å². The minimum atomic E-state index is -0.933. The van der Waals surface area contributed by atoms with Gasteiger partial charge in [-0.2, -0.15) is 0 Å². The Morgan fingerprint density at radius 3 is 2.57 bits per heavy atom. The molecule has 0 atom stereocenters. The molecule has 0 bridgehead atoms. The lowest BCUT2D eigenvalue weighted by atomic mass is 10.0. The van der Waals surface area contributed by atoms with Gasteiger partial charge in [-0.3, -0.25) is 4.79 Å². The minimum absolute atomic E-state index is 0.139. The molecule has 3 nitrogen and oxygen atoms in total. The molecule has 0 saturated heterocycles. The van der Waals surface area contributed by atoms with Gasteiger partial charge >= 0.3 is 5.97 Å². The summed E-state index contributed by atoms with van der Waals surface area (Å²) in [6, 6.07) is 22.2. The molecule has 4 rings (SSSR count). The van der Waals surface area contributed by atoms with Crippen LogP contribution in [0.1, 0.15) is 35.6 Å². The zero-order valence-corrected chi connectivity index (χ0v) is 16.6. The van der Waals surface area contributed by atoms with E-state index < -0.39 is 5.97 Å². The Morgan fingerprint density at radius 2 is 1.80 bits per heavy atom. The Bertz CT molecular complexity index is 1160. The van der Waals surface area contributed by atoms with Crippen LogP contribution in [0.2, 0.25) is 0 Å². The number of aliphatic carboxylic acids is 1. The van der Waals surface area contributed by atoms with Crippen molar-refractivity contribution in [3.63, 3.8) is 0 Å². The van der Waals surface area contributed by atoms with Crippen LogP contribution in [0.5, 0.6) is 5.75 Å². The van der Waals surface area contributed by atoms with Crippen LogP contribution < -0.4 is 4.74 Å². The Labute approximate surface area is 174 Å². The monoisotopic (exact) mass is 400 g/mol. The summed E-state index contributed by atoms with van der Waals surface area (Å²) < 4.78 is 19.7. The molecule has 0 heterocycles. The third kappa shape index (κ3) is 4.18.